The maximum atomic E-state index is 13.2. The van der Waals surface area contributed by atoms with E-state index in [0.717, 1.165) is 5.56 Å². The Morgan fingerprint density at radius 1 is 0.818 bits per heavy atom. The van der Waals surface area contributed by atoms with E-state index < -0.39 is 5.92 Å². The lowest BCUT2D eigenvalue weighted by atomic mass is 9.85. The Morgan fingerprint density at radius 2 is 1.42 bits per heavy atom. The van der Waals surface area contributed by atoms with Crippen LogP contribution in [0, 0.1) is 19.7 Å². The Hall–Kier alpha value is -4.01. The highest BCUT2D eigenvalue weighted by Crippen LogP contribution is 2.37. The number of aryl methyl sites for hydroxylation is 2. The number of ether oxygens (including phenoxy) is 2. The molecule has 2 heterocycles. The van der Waals surface area contributed by atoms with Gasteiger partial charge in [0.15, 0.2) is 11.5 Å². The van der Waals surface area contributed by atoms with Gasteiger partial charge >= 0.3 is 0 Å². The van der Waals surface area contributed by atoms with Gasteiger partial charge < -0.3 is 19.7 Å². The predicted molar refractivity (Wildman–Crippen MR) is 122 cm³/mol. The van der Waals surface area contributed by atoms with Gasteiger partial charge in [0.25, 0.3) is 11.1 Å². The topological polar surface area (TPSA) is 116 Å². The standard InChI is InChI=1S/C24H25FN4O4/c1-4-32-19-11-16(7-10-18(19)33-12-15-5-8-17(25)9-6-15)22(20-13(2)26-28-23(20)30)21-14(3)27-29-24(21)31/h5-11,22H,4,12H2,1-3H3,(H2,26,28,30)(H2,27,29,31). The Labute approximate surface area is 188 Å². The van der Waals surface area contributed by atoms with Crippen LogP contribution < -0.4 is 20.6 Å². The number of hydrogen-bond donors (Lipinski definition) is 4. The summed E-state index contributed by atoms with van der Waals surface area (Å²) in [7, 11) is 0. The molecule has 2 aromatic carbocycles. The van der Waals surface area contributed by atoms with E-state index in [1.807, 2.05) is 13.0 Å². The van der Waals surface area contributed by atoms with Gasteiger partial charge in [-0.3, -0.25) is 19.8 Å². The zero-order valence-corrected chi connectivity index (χ0v) is 18.5. The molecule has 33 heavy (non-hydrogen) atoms. The molecule has 0 fully saturated rings. The van der Waals surface area contributed by atoms with E-state index in [9.17, 15) is 14.0 Å². The Morgan fingerprint density at radius 3 is 1.94 bits per heavy atom. The molecule has 0 radical (unpaired) electrons. The van der Waals surface area contributed by atoms with Crippen LogP contribution in [0.3, 0.4) is 0 Å². The van der Waals surface area contributed by atoms with Gasteiger partial charge in [-0.25, -0.2) is 4.39 Å². The van der Waals surface area contributed by atoms with Gasteiger partial charge in [-0.15, -0.1) is 0 Å². The van der Waals surface area contributed by atoms with Gasteiger partial charge in [0.1, 0.15) is 12.4 Å². The summed E-state index contributed by atoms with van der Waals surface area (Å²) >= 11 is 0. The van der Waals surface area contributed by atoms with Crippen molar-refractivity contribution in [2.75, 3.05) is 6.61 Å². The van der Waals surface area contributed by atoms with Gasteiger partial charge in [-0.05, 0) is 56.2 Å². The minimum atomic E-state index is -0.625. The van der Waals surface area contributed by atoms with E-state index in [2.05, 4.69) is 20.4 Å². The molecule has 8 nitrogen and oxygen atoms in total. The summed E-state index contributed by atoms with van der Waals surface area (Å²) in [6.07, 6.45) is 0. The molecule has 172 valence electrons. The van der Waals surface area contributed by atoms with Crippen molar-refractivity contribution >= 4 is 0 Å². The molecule has 0 amide bonds. The number of halogens is 1. The van der Waals surface area contributed by atoms with Crippen LogP contribution in [0.2, 0.25) is 0 Å². The second-order valence-corrected chi connectivity index (χ2v) is 7.72. The van der Waals surface area contributed by atoms with Crippen LogP contribution in [0.25, 0.3) is 0 Å². The molecule has 0 unspecified atom stereocenters. The molecule has 0 bridgehead atoms. The van der Waals surface area contributed by atoms with Crippen molar-refractivity contribution in [1.82, 2.24) is 20.4 Å². The predicted octanol–water partition coefficient (Wildman–Crippen LogP) is 3.63. The zero-order valence-electron chi connectivity index (χ0n) is 18.5. The van der Waals surface area contributed by atoms with E-state index in [-0.39, 0.29) is 23.5 Å². The summed E-state index contributed by atoms with van der Waals surface area (Å²) in [5.74, 6) is 0.0500. The molecule has 0 spiro atoms. The third-order valence-electron chi connectivity index (χ3n) is 5.51. The second-order valence-electron chi connectivity index (χ2n) is 7.72. The van der Waals surface area contributed by atoms with Crippen molar-refractivity contribution < 1.29 is 13.9 Å². The summed E-state index contributed by atoms with van der Waals surface area (Å²) < 4.78 is 24.9. The molecule has 0 atom stereocenters. The first-order valence-corrected chi connectivity index (χ1v) is 10.6. The van der Waals surface area contributed by atoms with E-state index in [1.165, 1.54) is 12.1 Å². The molecule has 4 aromatic rings. The summed E-state index contributed by atoms with van der Waals surface area (Å²) in [6.45, 7) is 6.04. The van der Waals surface area contributed by atoms with E-state index >= 15 is 0 Å². The first-order valence-electron chi connectivity index (χ1n) is 10.6. The number of aromatic nitrogens is 4. The van der Waals surface area contributed by atoms with E-state index in [4.69, 9.17) is 9.47 Å². The highest BCUT2D eigenvalue weighted by atomic mass is 19.1. The quantitative estimate of drug-likeness (QED) is 0.327. The fourth-order valence-electron chi connectivity index (χ4n) is 3.92. The Bertz CT molecular complexity index is 1310. The van der Waals surface area contributed by atoms with Crippen molar-refractivity contribution in [2.45, 2.75) is 33.3 Å². The van der Waals surface area contributed by atoms with Gasteiger partial charge in [0, 0.05) is 17.3 Å². The monoisotopic (exact) mass is 452 g/mol. The zero-order chi connectivity index (χ0) is 23.5. The average Bonchev–Trinajstić information content (AvgIpc) is 3.31. The maximum Gasteiger partial charge on any atom is 0.268 e. The highest BCUT2D eigenvalue weighted by Gasteiger charge is 2.29. The van der Waals surface area contributed by atoms with Gasteiger partial charge in [-0.2, -0.15) is 0 Å². The minimum Gasteiger partial charge on any atom is -0.490 e. The first kappa shape index (κ1) is 22.2. The molecule has 0 aliphatic rings. The van der Waals surface area contributed by atoms with Gasteiger partial charge in [0.05, 0.1) is 17.7 Å². The van der Waals surface area contributed by atoms with E-state index in [1.54, 1.807) is 38.1 Å². The second kappa shape index (κ2) is 9.23. The lowest BCUT2D eigenvalue weighted by molar-refractivity contribution is 0.269. The third kappa shape index (κ3) is 4.48. The molecule has 0 aliphatic carbocycles. The van der Waals surface area contributed by atoms with Crippen molar-refractivity contribution in [3.8, 4) is 11.5 Å². The smallest absolute Gasteiger partial charge is 0.268 e. The van der Waals surface area contributed by atoms with Crippen LogP contribution in [0.5, 0.6) is 11.5 Å². The number of benzene rings is 2. The third-order valence-corrected chi connectivity index (χ3v) is 5.51. The van der Waals surface area contributed by atoms with Crippen molar-refractivity contribution in [2.24, 2.45) is 0 Å². The lowest BCUT2D eigenvalue weighted by Crippen LogP contribution is -2.20. The number of rotatable bonds is 8. The van der Waals surface area contributed by atoms with Crippen LogP contribution in [0.1, 0.15) is 46.5 Å². The summed E-state index contributed by atoms with van der Waals surface area (Å²) in [5, 5.41) is 10.9. The molecular formula is C24H25FN4O4. The fraction of sp³-hybridized carbons (Fsp3) is 0.250. The molecule has 2 aromatic heterocycles. The van der Waals surface area contributed by atoms with Crippen LogP contribution in [0.15, 0.2) is 52.1 Å². The van der Waals surface area contributed by atoms with Gasteiger partial charge in [-0.1, -0.05) is 18.2 Å². The molecule has 0 saturated heterocycles. The molecule has 4 rings (SSSR count). The SMILES string of the molecule is CCOc1cc(C(c2c(C)[nH][nH]c2=O)c2c(C)[nH][nH]c2=O)ccc1OCc1ccc(F)cc1. The molecule has 0 saturated carbocycles. The highest BCUT2D eigenvalue weighted by molar-refractivity contribution is 5.51. The van der Waals surface area contributed by atoms with Crippen molar-refractivity contribution in [3.63, 3.8) is 0 Å². The Balaban J connectivity index is 1.76. The Kier molecular flexibility index (Phi) is 6.21. The lowest BCUT2D eigenvalue weighted by Gasteiger charge is -2.19. The van der Waals surface area contributed by atoms with E-state index in [0.29, 0.717) is 46.2 Å². The molecule has 9 heteroatoms. The largest absolute Gasteiger partial charge is 0.490 e. The number of hydrogen-bond acceptors (Lipinski definition) is 4. The summed E-state index contributed by atoms with van der Waals surface area (Å²) in [4.78, 5) is 25.3. The normalized spacial score (nSPS) is 11.2. The minimum absolute atomic E-state index is 0.232. The van der Waals surface area contributed by atoms with Crippen molar-refractivity contribution in [3.05, 3.63) is 103 Å². The number of H-pyrrole nitrogens is 4. The summed E-state index contributed by atoms with van der Waals surface area (Å²) in [5.41, 5.74) is 3.09. The molecular weight excluding hydrogens is 427 g/mol. The number of aromatic amines is 4. The maximum absolute atomic E-state index is 13.2. The fourth-order valence-corrected chi connectivity index (χ4v) is 3.92. The van der Waals surface area contributed by atoms with Gasteiger partial charge in [0.2, 0.25) is 0 Å². The first-order chi connectivity index (χ1) is 15.9. The van der Waals surface area contributed by atoms with Crippen LogP contribution >= 0.6 is 0 Å². The van der Waals surface area contributed by atoms with Crippen LogP contribution in [-0.4, -0.2) is 27.0 Å². The van der Waals surface area contributed by atoms with Crippen molar-refractivity contribution in [1.29, 1.82) is 0 Å². The average molecular weight is 452 g/mol. The van der Waals surface area contributed by atoms with Crippen LogP contribution in [0.4, 0.5) is 4.39 Å². The molecule has 4 N–H and O–H groups in total. The van der Waals surface area contributed by atoms with Crippen LogP contribution in [-0.2, 0) is 6.61 Å². The molecule has 0 aliphatic heterocycles. The summed E-state index contributed by atoms with van der Waals surface area (Å²) in [6, 6.07) is 11.4. The number of nitrogens with one attached hydrogen (secondary N) is 4.